The summed E-state index contributed by atoms with van der Waals surface area (Å²) >= 11 is 0. The molecule has 0 aliphatic carbocycles. The summed E-state index contributed by atoms with van der Waals surface area (Å²) in [5, 5.41) is 0. The fraction of sp³-hybridized carbons (Fsp3) is 0.857. The fourth-order valence-corrected chi connectivity index (χ4v) is 3.06. The molecular formula is C14H29N2O3P. The van der Waals surface area contributed by atoms with Crippen LogP contribution in [0, 0.1) is 5.92 Å². The first kappa shape index (κ1) is 17.5. The zero-order chi connectivity index (χ0) is 15.0. The Labute approximate surface area is 122 Å². The quantitative estimate of drug-likeness (QED) is 0.608. The Balaban J connectivity index is 2.22. The minimum absolute atomic E-state index is 0.0224. The topological polar surface area (TPSA) is 64.0 Å². The van der Waals surface area contributed by atoms with Crippen LogP contribution in [0.4, 0.5) is 0 Å². The molecule has 1 unspecified atom stereocenters. The van der Waals surface area contributed by atoms with Crippen molar-refractivity contribution in [2.75, 3.05) is 25.9 Å². The van der Waals surface area contributed by atoms with E-state index in [0.717, 1.165) is 19.1 Å². The molecule has 0 fully saturated rings. The first-order valence-corrected chi connectivity index (χ1v) is 9.45. The predicted octanol–water partition coefficient (Wildman–Crippen LogP) is 2.82. The van der Waals surface area contributed by atoms with Gasteiger partial charge in [-0.15, -0.1) is 0 Å². The lowest BCUT2D eigenvalue weighted by Gasteiger charge is -2.25. The Morgan fingerprint density at radius 1 is 1.20 bits per heavy atom. The third kappa shape index (κ3) is 7.32. The van der Waals surface area contributed by atoms with E-state index >= 15 is 0 Å². The lowest BCUT2D eigenvalue weighted by atomic mass is 9.99. The van der Waals surface area contributed by atoms with Gasteiger partial charge in [0.2, 0.25) is 0 Å². The minimum atomic E-state index is -3.84. The van der Waals surface area contributed by atoms with Crippen LogP contribution in [0.1, 0.15) is 46.0 Å². The van der Waals surface area contributed by atoms with E-state index in [-0.39, 0.29) is 6.16 Å². The molecule has 0 bridgehead atoms. The van der Waals surface area contributed by atoms with Crippen molar-refractivity contribution in [3.63, 3.8) is 0 Å². The predicted molar refractivity (Wildman–Crippen MR) is 82.3 cm³/mol. The second-order valence-electron chi connectivity index (χ2n) is 5.68. The summed E-state index contributed by atoms with van der Waals surface area (Å²) in [6, 6.07) is 0. The van der Waals surface area contributed by atoms with Crippen molar-refractivity contribution in [3.05, 3.63) is 12.4 Å². The van der Waals surface area contributed by atoms with Crippen molar-refractivity contribution < 1.29 is 14.4 Å². The lowest BCUT2D eigenvalue weighted by molar-refractivity contribution is 0.227. The van der Waals surface area contributed by atoms with E-state index in [0.29, 0.717) is 13.0 Å². The van der Waals surface area contributed by atoms with E-state index in [9.17, 15) is 4.57 Å². The third-order valence-electron chi connectivity index (χ3n) is 3.78. The summed E-state index contributed by atoms with van der Waals surface area (Å²) in [4.78, 5) is 22.1. The third-order valence-corrected chi connectivity index (χ3v) is 4.68. The summed E-state index contributed by atoms with van der Waals surface area (Å²) in [5.74, 6) is 0.745. The van der Waals surface area contributed by atoms with Crippen molar-refractivity contribution in [1.29, 1.82) is 0 Å². The molecule has 0 amide bonds. The van der Waals surface area contributed by atoms with Crippen molar-refractivity contribution in [3.8, 4) is 0 Å². The van der Waals surface area contributed by atoms with Gasteiger partial charge < -0.3 is 19.6 Å². The van der Waals surface area contributed by atoms with Crippen LogP contribution < -0.4 is 0 Å². The van der Waals surface area contributed by atoms with Crippen LogP contribution in [-0.2, 0) is 4.57 Å². The molecule has 2 N–H and O–H groups in total. The van der Waals surface area contributed by atoms with Crippen molar-refractivity contribution >= 4 is 7.60 Å². The number of hydrogen-bond donors (Lipinski definition) is 2. The van der Waals surface area contributed by atoms with Gasteiger partial charge in [0.25, 0.3) is 0 Å². The lowest BCUT2D eigenvalue weighted by Crippen LogP contribution is -2.30. The van der Waals surface area contributed by atoms with Crippen LogP contribution >= 0.6 is 7.60 Å². The molecule has 20 heavy (non-hydrogen) atoms. The van der Waals surface area contributed by atoms with E-state index < -0.39 is 7.60 Å². The van der Waals surface area contributed by atoms with Gasteiger partial charge >= 0.3 is 7.60 Å². The van der Waals surface area contributed by atoms with Gasteiger partial charge in [-0.3, -0.25) is 4.57 Å². The van der Waals surface area contributed by atoms with Crippen molar-refractivity contribution in [2.24, 2.45) is 5.92 Å². The van der Waals surface area contributed by atoms with Gasteiger partial charge in [0, 0.05) is 25.5 Å². The molecule has 1 atom stereocenters. The SMILES string of the molecule is CCCCC(CC)CN1C=CN(CCCP(=O)(O)O)C1. The molecule has 0 saturated carbocycles. The Bertz CT molecular complexity index is 343. The van der Waals surface area contributed by atoms with Crippen LogP contribution in [-0.4, -0.2) is 45.5 Å². The van der Waals surface area contributed by atoms with Crippen LogP contribution in [0.3, 0.4) is 0 Å². The van der Waals surface area contributed by atoms with E-state index in [2.05, 4.69) is 29.8 Å². The van der Waals surface area contributed by atoms with Gasteiger partial charge in [-0.25, -0.2) is 0 Å². The molecule has 1 aliphatic heterocycles. The Hall–Kier alpha value is -0.510. The first-order valence-electron chi connectivity index (χ1n) is 7.65. The van der Waals surface area contributed by atoms with E-state index in [1.807, 2.05) is 6.20 Å². The smallest absolute Gasteiger partial charge is 0.325 e. The Morgan fingerprint density at radius 3 is 2.50 bits per heavy atom. The molecule has 1 aliphatic rings. The second kappa shape index (κ2) is 8.71. The minimum Gasteiger partial charge on any atom is -0.359 e. The van der Waals surface area contributed by atoms with E-state index in [4.69, 9.17) is 9.79 Å². The van der Waals surface area contributed by atoms with Crippen LogP contribution in [0.15, 0.2) is 12.4 Å². The average Bonchev–Trinajstić information content (AvgIpc) is 2.80. The average molecular weight is 304 g/mol. The number of unbranched alkanes of at least 4 members (excludes halogenated alkanes) is 1. The van der Waals surface area contributed by atoms with E-state index in [1.54, 1.807) is 0 Å². The van der Waals surface area contributed by atoms with Crippen LogP contribution in [0.25, 0.3) is 0 Å². The monoisotopic (exact) mass is 304 g/mol. The highest BCUT2D eigenvalue weighted by Crippen LogP contribution is 2.34. The molecule has 0 spiro atoms. The molecule has 0 aromatic heterocycles. The van der Waals surface area contributed by atoms with Crippen molar-refractivity contribution in [1.82, 2.24) is 9.80 Å². The fourth-order valence-electron chi connectivity index (χ4n) is 2.51. The molecular weight excluding hydrogens is 275 g/mol. The molecule has 5 nitrogen and oxygen atoms in total. The zero-order valence-corrected chi connectivity index (χ0v) is 13.6. The van der Waals surface area contributed by atoms with Crippen LogP contribution in [0.2, 0.25) is 0 Å². The molecule has 6 heteroatoms. The van der Waals surface area contributed by atoms with Gasteiger partial charge in [0.15, 0.2) is 0 Å². The highest BCUT2D eigenvalue weighted by molar-refractivity contribution is 7.51. The summed E-state index contributed by atoms with van der Waals surface area (Å²) in [6.07, 6.45) is 9.69. The molecule has 0 aromatic carbocycles. The zero-order valence-electron chi connectivity index (χ0n) is 12.7. The molecule has 1 rings (SSSR count). The standard InChI is InChI=1S/C14H29N2O3P/c1-3-5-7-14(4-2)12-16-10-9-15(13-16)8-6-11-20(17,18)19/h9-10,14H,3-8,11-13H2,1-2H3,(H2,17,18,19). The van der Waals surface area contributed by atoms with Gasteiger partial charge in [-0.1, -0.05) is 33.1 Å². The van der Waals surface area contributed by atoms with Crippen molar-refractivity contribution in [2.45, 2.75) is 46.0 Å². The Morgan fingerprint density at radius 2 is 1.90 bits per heavy atom. The maximum absolute atomic E-state index is 10.8. The van der Waals surface area contributed by atoms with Gasteiger partial charge in [0.1, 0.15) is 0 Å². The van der Waals surface area contributed by atoms with Gasteiger partial charge in [-0.05, 0) is 18.8 Å². The summed E-state index contributed by atoms with van der Waals surface area (Å²) < 4.78 is 10.8. The molecule has 0 aromatic rings. The summed E-state index contributed by atoms with van der Waals surface area (Å²) in [5.41, 5.74) is 0. The normalized spacial score (nSPS) is 17.0. The summed E-state index contributed by atoms with van der Waals surface area (Å²) in [7, 11) is -3.84. The second-order valence-corrected chi connectivity index (χ2v) is 7.46. The number of nitrogens with zero attached hydrogens (tertiary/aromatic N) is 2. The van der Waals surface area contributed by atoms with Crippen LogP contribution in [0.5, 0.6) is 0 Å². The van der Waals surface area contributed by atoms with Gasteiger partial charge in [0.05, 0.1) is 12.8 Å². The van der Waals surface area contributed by atoms with Gasteiger partial charge in [-0.2, -0.15) is 0 Å². The molecule has 1 heterocycles. The number of rotatable bonds is 10. The largest absolute Gasteiger partial charge is 0.359 e. The maximum atomic E-state index is 10.8. The molecule has 0 saturated heterocycles. The Kier molecular flexibility index (Phi) is 7.63. The maximum Gasteiger partial charge on any atom is 0.325 e. The first-order chi connectivity index (χ1) is 9.44. The summed E-state index contributed by atoms with van der Waals surface area (Å²) in [6.45, 7) is 7.12. The van der Waals surface area contributed by atoms with E-state index in [1.165, 1.54) is 25.7 Å². The highest BCUT2D eigenvalue weighted by atomic mass is 31.2. The molecule has 118 valence electrons. The highest BCUT2D eigenvalue weighted by Gasteiger charge is 2.17. The number of hydrogen-bond acceptors (Lipinski definition) is 3. The molecule has 0 radical (unpaired) electrons.